The lowest BCUT2D eigenvalue weighted by Gasteiger charge is -1.83. The van der Waals surface area contributed by atoms with Crippen LogP contribution in [0.2, 0.25) is 0 Å². The number of aromatic nitrogens is 8. The molecular weight excluding hydrogens is 459 g/mol. The van der Waals surface area contributed by atoms with Crippen molar-refractivity contribution in [3.63, 3.8) is 0 Å². The van der Waals surface area contributed by atoms with Gasteiger partial charge in [-0.2, -0.15) is 10.2 Å². The first-order valence-electron chi connectivity index (χ1n) is 8.49. The Labute approximate surface area is 187 Å². The molecule has 0 aliphatic rings. The van der Waals surface area contributed by atoms with Crippen LogP contribution >= 0.6 is 30.6 Å². The molecule has 0 amide bonds. The Morgan fingerprint density at radius 3 is 1.84 bits per heavy atom. The van der Waals surface area contributed by atoms with Crippen molar-refractivity contribution in [3.8, 4) is 21.4 Å². The molecule has 0 saturated carbocycles. The molecule has 31 heavy (non-hydrogen) atoms. The fourth-order valence-electron chi connectivity index (χ4n) is 1.71. The lowest BCUT2D eigenvalue weighted by Crippen LogP contribution is -1.94. The number of H-pyrrole nitrogens is 2. The fourth-order valence-corrected chi connectivity index (χ4v) is 3.14. The lowest BCUT2D eigenvalue weighted by atomic mass is 10.5. The van der Waals surface area contributed by atoms with E-state index in [9.17, 15) is 0 Å². The van der Waals surface area contributed by atoms with Gasteiger partial charge < -0.3 is 11.2 Å². The van der Waals surface area contributed by atoms with Crippen LogP contribution in [0.25, 0.3) is 31.8 Å². The number of hydrogen-bond donors (Lipinski definition) is 3. The number of rotatable bonds is 5. The fraction of sp³-hybridized carbons (Fsp3) is 0.333. The van der Waals surface area contributed by atoms with Crippen molar-refractivity contribution in [2.45, 2.75) is 13.1 Å². The Bertz CT molecular complexity index is 1020. The quantitative estimate of drug-likeness (QED) is 0.167. The van der Waals surface area contributed by atoms with E-state index in [0.717, 1.165) is 26.4 Å². The van der Waals surface area contributed by atoms with Gasteiger partial charge in [-0.15, -0.1) is 28.3 Å². The Hall–Kier alpha value is -2.80. The molecule has 6 N–H and O–H groups in total. The van der Waals surface area contributed by atoms with Crippen LogP contribution in [-0.2, 0) is 13.1 Å². The molecule has 16 heteroatoms. The maximum Gasteiger partial charge on any atom is 0.165 e. The van der Waals surface area contributed by atoms with Gasteiger partial charge in [-0.3, -0.25) is 10.2 Å². The zero-order chi connectivity index (χ0) is 21.8. The molecule has 0 fully saturated rings. The smallest absolute Gasteiger partial charge is 0.165 e. The summed E-state index contributed by atoms with van der Waals surface area (Å²) in [6, 6.07) is 3.65. The van der Waals surface area contributed by atoms with Crippen molar-refractivity contribution in [1.82, 2.24) is 40.8 Å². The molecular formula is C15H23N12OPS2. The normalized spacial score (nSPS) is 9.58. The van der Waals surface area contributed by atoms with Crippen molar-refractivity contribution in [3.05, 3.63) is 45.0 Å². The summed E-state index contributed by atoms with van der Waals surface area (Å²) in [4.78, 5) is 2.65. The predicted octanol–water partition coefficient (Wildman–Crippen LogP) is 2.66. The molecule has 0 unspecified atom stereocenters. The molecule has 0 atom stereocenters. The maximum absolute atomic E-state index is 8.12. The van der Waals surface area contributed by atoms with Crippen LogP contribution in [0.15, 0.2) is 29.6 Å². The molecule has 0 aromatic carbocycles. The van der Waals surface area contributed by atoms with E-state index in [0.29, 0.717) is 19.5 Å². The summed E-state index contributed by atoms with van der Waals surface area (Å²) in [6.45, 7) is 7.37. The van der Waals surface area contributed by atoms with E-state index in [1.54, 1.807) is 18.5 Å². The Kier molecular flexibility index (Phi) is 12.1. The van der Waals surface area contributed by atoms with Crippen molar-refractivity contribution in [2.75, 3.05) is 20.0 Å². The van der Waals surface area contributed by atoms with E-state index in [1.165, 1.54) is 22.7 Å². The molecule has 166 valence electrons. The highest BCUT2D eigenvalue weighted by molar-refractivity contribution is 7.55. The molecule has 13 nitrogen and oxygen atoms in total. The summed E-state index contributed by atoms with van der Waals surface area (Å²) in [5.74, 6) is 0. The van der Waals surface area contributed by atoms with Gasteiger partial charge in [0.05, 0.1) is 17.9 Å². The molecule has 0 spiro atoms. The summed E-state index contributed by atoms with van der Waals surface area (Å²) in [6.07, 6.45) is 3.32. The summed E-state index contributed by atoms with van der Waals surface area (Å²) >= 11 is 2.84. The van der Waals surface area contributed by atoms with Crippen molar-refractivity contribution < 1.29 is 5.48 Å². The number of hydrogen-bond acceptors (Lipinski definition) is 10. The van der Waals surface area contributed by atoms with Crippen molar-refractivity contribution in [2.24, 2.45) is 10.8 Å². The number of nitrogens with one attached hydrogen (secondary N) is 2. The van der Waals surface area contributed by atoms with Crippen molar-refractivity contribution >= 4 is 30.6 Å². The molecule has 4 rings (SSSR count). The second kappa shape index (κ2) is 14.2. The summed E-state index contributed by atoms with van der Waals surface area (Å²) < 4.78 is 0. The van der Waals surface area contributed by atoms with Crippen LogP contribution < -0.4 is 5.73 Å². The highest BCUT2D eigenvalue weighted by Gasteiger charge is 2.06. The molecule has 0 aliphatic carbocycles. The lowest BCUT2D eigenvalue weighted by molar-refractivity contribution is 0.824. The first-order chi connectivity index (χ1) is 14.5. The van der Waals surface area contributed by atoms with Crippen molar-refractivity contribution in [1.29, 1.82) is 0 Å². The van der Waals surface area contributed by atoms with Gasteiger partial charge in [0.25, 0.3) is 0 Å². The van der Waals surface area contributed by atoms with Gasteiger partial charge in [0, 0.05) is 23.9 Å². The minimum Gasteiger partial charge on any atom is -0.412 e. The van der Waals surface area contributed by atoms with Crippen LogP contribution in [0.5, 0.6) is 0 Å². The van der Waals surface area contributed by atoms with Crippen LogP contribution in [0, 0.1) is 0 Å². The number of nitrogens with two attached hydrogens (primary N) is 1. The van der Waals surface area contributed by atoms with Crippen LogP contribution in [0.1, 0.15) is 10.0 Å². The van der Waals surface area contributed by atoms with Crippen LogP contribution in [-0.4, -0.2) is 66.3 Å². The average molecular weight is 483 g/mol. The van der Waals surface area contributed by atoms with E-state index in [2.05, 4.69) is 70.8 Å². The van der Waals surface area contributed by atoms with E-state index in [-0.39, 0.29) is 12.0 Å². The number of nitrogens with zero attached hydrogens (tertiary/aromatic N) is 9. The third-order valence-electron chi connectivity index (χ3n) is 2.84. The van der Waals surface area contributed by atoms with E-state index in [4.69, 9.17) is 11.3 Å². The Morgan fingerprint density at radius 1 is 0.968 bits per heavy atom. The van der Waals surface area contributed by atoms with Gasteiger partial charge >= 0.3 is 0 Å². The van der Waals surface area contributed by atoms with Gasteiger partial charge in [-0.1, -0.05) is 27.8 Å². The molecule has 0 bridgehead atoms. The monoisotopic (exact) mass is 482 g/mol. The molecule has 0 radical (unpaired) electrons. The largest absolute Gasteiger partial charge is 0.412 e. The number of azide groups is 1. The standard InChI is InChI=1S/C6H5N7S.C6H7N5S.C3H9P.H2O/c7-13-9-3-5-11-12-6(14-5)4-1-2-8-10-4;7-3-5-10-11-6(12-5)4-1-2-8-9-4;1-4(2)3;/h1-2H,3H2,(H,8,10);1-2H,3,7H2,(H,8,9);1-3H3;1H2. The second-order valence-electron chi connectivity index (χ2n) is 5.88. The first-order valence-corrected chi connectivity index (χ1v) is 12.8. The zero-order valence-corrected chi connectivity index (χ0v) is 19.6. The predicted molar refractivity (Wildman–Crippen MR) is 124 cm³/mol. The van der Waals surface area contributed by atoms with Crippen LogP contribution in [0.3, 0.4) is 0 Å². The minimum atomic E-state index is 0. The molecule has 4 heterocycles. The molecule has 0 saturated heterocycles. The van der Waals surface area contributed by atoms with Gasteiger partial charge in [0.15, 0.2) is 10.0 Å². The molecule has 4 aromatic rings. The summed E-state index contributed by atoms with van der Waals surface area (Å²) in [7, 11) is 0.380. The first kappa shape index (κ1) is 26.2. The average Bonchev–Trinajstić information content (AvgIpc) is 3.52. The second-order valence-corrected chi connectivity index (χ2v) is 10.7. The van der Waals surface area contributed by atoms with Gasteiger partial charge in [0.1, 0.15) is 10.0 Å². The van der Waals surface area contributed by atoms with Gasteiger partial charge in [0.2, 0.25) is 0 Å². The summed E-state index contributed by atoms with van der Waals surface area (Å²) in [5, 5.41) is 35.3. The third kappa shape index (κ3) is 9.26. The van der Waals surface area contributed by atoms with E-state index in [1.807, 2.05) is 6.07 Å². The van der Waals surface area contributed by atoms with E-state index < -0.39 is 0 Å². The van der Waals surface area contributed by atoms with E-state index >= 15 is 0 Å². The molecule has 0 aliphatic heterocycles. The topological polar surface area (TPSA) is 215 Å². The minimum absolute atomic E-state index is 0. The molecule has 4 aromatic heterocycles. The summed E-state index contributed by atoms with van der Waals surface area (Å²) in [5.41, 5.74) is 15.2. The SMILES string of the molecule is CP(C)C.NCc1nnc(-c2ccn[nH]2)s1.O.[N-]=[N+]=NCc1nnc(-c2ccn[nH]2)s1. The highest BCUT2D eigenvalue weighted by Crippen LogP contribution is 2.21. The Balaban J connectivity index is 0.000000260. The zero-order valence-electron chi connectivity index (χ0n) is 17.1. The number of aromatic amines is 2. The van der Waals surface area contributed by atoms with Crippen LogP contribution in [0.4, 0.5) is 0 Å². The maximum atomic E-state index is 8.12. The third-order valence-corrected chi connectivity index (χ3v) is 4.76. The highest BCUT2D eigenvalue weighted by atomic mass is 32.1. The van der Waals surface area contributed by atoms with Gasteiger partial charge in [-0.25, -0.2) is 0 Å². The Morgan fingerprint density at radius 2 is 1.45 bits per heavy atom. The van der Waals surface area contributed by atoms with Gasteiger partial charge in [-0.05, 0) is 37.7 Å².